The minimum absolute atomic E-state index is 0.0871. The van der Waals surface area contributed by atoms with Crippen molar-refractivity contribution in [3.05, 3.63) is 112 Å². The first-order valence-electron chi connectivity index (χ1n) is 11.1. The van der Waals surface area contributed by atoms with Crippen molar-refractivity contribution in [3.63, 3.8) is 0 Å². The number of hydrazone groups is 1. The number of hydrogen-bond donors (Lipinski definition) is 2. The Bertz CT molecular complexity index is 1450. The standard InChI is InChI=1S/C27H20Cl2N4O3/c28-18-11-12-25(20(29)14-18)36-26-10-4-2-8-21(26)31-27(35)33-23(19-7-1-3-9-24(19)34)15-22(32-33)17-6-5-13-30-16-17/h1-14,16,23,34H,15H2,(H,31,35). The molecule has 36 heavy (non-hydrogen) atoms. The number of anilines is 1. The summed E-state index contributed by atoms with van der Waals surface area (Å²) in [5, 5.41) is 20.2. The molecule has 3 aromatic carbocycles. The second-order valence-electron chi connectivity index (χ2n) is 8.01. The smallest absolute Gasteiger partial charge is 0.342 e. The lowest BCUT2D eigenvalue weighted by atomic mass is 9.98. The Balaban J connectivity index is 1.45. The van der Waals surface area contributed by atoms with Crippen molar-refractivity contribution in [1.29, 1.82) is 0 Å². The van der Waals surface area contributed by atoms with Crippen LogP contribution >= 0.6 is 23.2 Å². The molecule has 1 aromatic heterocycles. The number of carbonyl (C=O) groups is 1. The van der Waals surface area contributed by atoms with Crippen molar-refractivity contribution >= 4 is 40.6 Å². The predicted molar refractivity (Wildman–Crippen MR) is 140 cm³/mol. The molecular formula is C27H20Cl2N4O3. The summed E-state index contributed by atoms with van der Waals surface area (Å²) in [4.78, 5) is 17.7. The van der Waals surface area contributed by atoms with Gasteiger partial charge in [0.05, 0.1) is 22.5 Å². The maximum atomic E-state index is 13.5. The number of amides is 2. The summed E-state index contributed by atoms with van der Waals surface area (Å²) in [7, 11) is 0. The van der Waals surface area contributed by atoms with Crippen LogP contribution in [0.1, 0.15) is 23.6 Å². The summed E-state index contributed by atoms with van der Waals surface area (Å²) in [5.41, 5.74) is 2.50. The Hall–Kier alpha value is -4.07. The highest BCUT2D eigenvalue weighted by molar-refractivity contribution is 6.35. The van der Waals surface area contributed by atoms with E-state index in [-0.39, 0.29) is 5.75 Å². The Labute approximate surface area is 217 Å². The molecule has 0 spiro atoms. The lowest BCUT2D eigenvalue weighted by Crippen LogP contribution is -2.31. The van der Waals surface area contributed by atoms with Gasteiger partial charge in [0.1, 0.15) is 11.5 Å². The zero-order valence-corrected chi connectivity index (χ0v) is 20.3. The van der Waals surface area contributed by atoms with E-state index in [0.29, 0.717) is 44.9 Å². The number of nitrogens with one attached hydrogen (secondary N) is 1. The van der Waals surface area contributed by atoms with Crippen LogP contribution in [0.5, 0.6) is 17.2 Å². The average Bonchev–Trinajstić information content (AvgIpc) is 3.33. The fourth-order valence-electron chi connectivity index (χ4n) is 3.93. The van der Waals surface area contributed by atoms with Gasteiger partial charge in [-0.2, -0.15) is 5.10 Å². The van der Waals surface area contributed by atoms with E-state index in [2.05, 4.69) is 15.4 Å². The van der Waals surface area contributed by atoms with Crippen LogP contribution in [-0.4, -0.2) is 26.8 Å². The molecule has 5 rings (SSSR count). The molecule has 0 aliphatic carbocycles. The second-order valence-corrected chi connectivity index (χ2v) is 8.86. The van der Waals surface area contributed by atoms with Crippen LogP contribution in [0.2, 0.25) is 10.0 Å². The number of para-hydroxylation sites is 3. The van der Waals surface area contributed by atoms with Gasteiger partial charge in [-0.25, -0.2) is 9.80 Å². The molecule has 7 nitrogen and oxygen atoms in total. The Morgan fingerprint density at radius 2 is 1.81 bits per heavy atom. The summed E-state index contributed by atoms with van der Waals surface area (Å²) >= 11 is 12.3. The van der Waals surface area contributed by atoms with Gasteiger partial charge in [0.25, 0.3) is 0 Å². The second kappa shape index (κ2) is 10.3. The Kier molecular flexibility index (Phi) is 6.75. The summed E-state index contributed by atoms with van der Waals surface area (Å²) in [5.74, 6) is 0.877. The van der Waals surface area contributed by atoms with Crippen molar-refractivity contribution in [1.82, 2.24) is 9.99 Å². The Morgan fingerprint density at radius 1 is 1.00 bits per heavy atom. The highest BCUT2D eigenvalue weighted by Gasteiger charge is 2.35. The first-order valence-corrected chi connectivity index (χ1v) is 11.8. The van der Waals surface area contributed by atoms with Gasteiger partial charge in [0.2, 0.25) is 0 Å². The number of aromatic nitrogens is 1. The van der Waals surface area contributed by atoms with Gasteiger partial charge in [-0.15, -0.1) is 0 Å². The third-order valence-electron chi connectivity index (χ3n) is 5.65. The van der Waals surface area contributed by atoms with Gasteiger partial charge in [0.15, 0.2) is 5.75 Å². The van der Waals surface area contributed by atoms with Crippen molar-refractivity contribution < 1.29 is 14.6 Å². The number of carbonyl (C=O) groups excluding carboxylic acids is 1. The van der Waals surface area contributed by atoms with E-state index in [9.17, 15) is 9.90 Å². The minimum Gasteiger partial charge on any atom is -0.508 e. The van der Waals surface area contributed by atoms with E-state index in [1.165, 1.54) is 5.01 Å². The lowest BCUT2D eigenvalue weighted by Gasteiger charge is -2.23. The van der Waals surface area contributed by atoms with Gasteiger partial charge in [-0.05, 0) is 42.5 Å². The molecule has 0 fully saturated rings. The van der Waals surface area contributed by atoms with Crippen LogP contribution in [0.3, 0.4) is 0 Å². The van der Waals surface area contributed by atoms with Crippen molar-refractivity contribution in [2.24, 2.45) is 5.10 Å². The molecule has 180 valence electrons. The molecule has 9 heteroatoms. The van der Waals surface area contributed by atoms with Gasteiger partial charge in [-0.1, -0.05) is 59.6 Å². The van der Waals surface area contributed by atoms with Crippen LogP contribution in [0.25, 0.3) is 0 Å². The number of phenols is 1. The number of benzene rings is 3. The van der Waals surface area contributed by atoms with Crippen LogP contribution in [-0.2, 0) is 0 Å². The van der Waals surface area contributed by atoms with Gasteiger partial charge in [0, 0.05) is 35.0 Å². The lowest BCUT2D eigenvalue weighted by molar-refractivity contribution is 0.199. The number of urea groups is 1. The maximum Gasteiger partial charge on any atom is 0.342 e. The number of rotatable bonds is 5. The zero-order chi connectivity index (χ0) is 25.1. The van der Waals surface area contributed by atoms with E-state index in [1.54, 1.807) is 73.1 Å². The number of ether oxygens (including phenoxy) is 1. The highest BCUT2D eigenvalue weighted by atomic mass is 35.5. The molecule has 0 saturated carbocycles. The predicted octanol–water partition coefficient (Wildman–Crippen LogP) is 7.27. The topological polar surface area (TPSA) is 87.0 Å². The monoisotopic (exact) mass is 518 g/mol. The third-order valence-corrected chi connectivity index (χ3v) is 6.18. The van der Waals surface area contributed by atoms with Gasteiger partial charge in [-0.3, -0.25) is 4.98 Å². The zero-order valence-electron chi connectivity index (χ0n) is 18.8. The number of hydrogen-bond acceptors (Lipinski definition) is 5. The molecule has 1 aliphatic heterocycles. The number of nitrogens with zero attached hydrogens (tertiary/aromatic N) is 3. The maximum absolute atomic E-state index is 13.5. The van der Waals surface area contributed by atoms with Crippen molar-refractivity contribution in [2.75, 3.05) is 5.32 Å². The van der Waals surface area contributed by atoms with Crippen LogP contribution < -0.4 is 10.1 Å². The summed E-state index contributed by atoms with van der Waals surface area (Å²) in [6.07, 6.45) is 3.78. The van der Waals surface area contributed by atoms with E-state index in [1.807, 2.05) is 18.2 Å². The number of halogens is 2. The molecule has 2 heterocycles. The fraction of sp³-hybridized carbons (Fsp3) is 0.0741. The molecule has 0 saturated heterocycles. The largest absolute Gasteiger partial charge is 0.508 e. The SMILES string of the molecule is O=C(Nc1ccccc1Oc1ccc(Cl)cc1Cl)N1N=C(c2cccnc2)CC1c1ccccc1O. The van der Waals surface area contributed by atoms with E-state index >= 15 is 0 Å². The van der Waals surface area contributed by atoms with Crippen LogP contribution in [0.15, 0.2) is 96.4 Å². The molecule has 1 aliphatic rings. The molecule has 1 atom stereocenters. The van der Waals surface area contributed by atoms with Crippen LogP contribution in [0.4, 0.5) is 10.5 Å². The van der Waals surface area contributed by atoms with Crippen molar-refractivity contribution in [3.8, 4) is 17.2 Å². The first kappa shape index (κ1) is 23.7. The average molecular weight is 519 g/mol. The van der Waals surface area contributed by atoms with Gasteiger partial charge >= 0.3 is 6.03 Å². The summed E-state index contributed by atoms with van der Waals surface area (Å²) in [6, 6.07) is 21.5. The van der Waals surface area contributed by atoms with Crippen molar-refractivity contribution in [2.45, 2.75) is 12.5 Å². The van der Waals surface area contributed by atoms with Crippen LogP contribution in [0, 0.1) is 0 Å². The molecular weight excluding hydrogens is 499 g/mol. The Morgan fingerprint density at radius 3 is 2.58 bits per heavy atom. The summed E-state index contributed by atoms with van der Waals surface area (Å²) < 4.78 is 5.97. The number of pyridine rings is 1. The number of aromatic hydroxyl groups is 1. The molecule has 0 radical (unpaired) electrons. The highest BCUT2D eigenvalue weighted by Crippen LogP contribution is 2.39. The molecule has 4 aromatic rings. The molecule has 2 amide bonds. The normalized spacial score (nSPS) is 14.9. The van der Waals surface area contributed by atoms with E-state index in [0.717, 1.165) is 5.56 Å². The quantitative estimate of drug-likeness (QED) is 0.290. The fourth-order valence-corrected chi connectivity index (χ4v) is 4.37. The van der Waals surface area contributed by atoms with E-state index in [4.69, 9.17) is 27.9 Å². The molecule has 2 N–H and O–H groups in total. The van der Waals surface area contributed by atoms with E-state index < -0.39 is 12.1 Å². The first-order chi connectivity index (χ1) is 17.5. The van der Waals surface area contributed by atoms with Gasteiger partial charge < -0.3 is 15.2 Å². The minimum atomic E-state index is -0.514. The molecule has 0 bridgehead atoms. The summed E-state index contributed by atoms with van der Waals surface area (Å²) in [6.45, 7) is 0. The third kappa shape index (κ3) is 4.98. The molecule has 1 unspecified atom stereocenters. The number of phenolic OH excluding ortho intramolecular Hbond substituents is 1.